The maximum Gasteiger partial charge on any atom is 0.344 e. The Bertz CT molecular complexity index is 728. The van der Waals surface area contributed by atoms with Gasteiger partial charge in [0.05, 0.1) is 23.9 Å². The van der Waals surface area contributed by atoms with Crippen molar-refractivity contribution in [3.63, 3.8) is 0 Å². The molecule has 0 fully saturated rings. The van der Waals surface area contributed by atoms with Gasteiger partial charge in [0, 0.05) is 0 Å². The Morgan fingerprint density at radius 1 is 1.19 bits per heavy atom. The van der Waals surface area contributed by atoms with E-state index in [1.165, 1.54) is 0 Å². The van der Waals surface area contributed by atoms with Crippen molar-refractivity contribution in [3.05, 3.63) is 41.1 Å². The van der Waals surface area contributed by atoms with Crippen LogP contribution in [0.3, 0.4) is 0 Å². The van der Waals surface area contributed by atoms with Gasteiger partial charge < -0.3 is 24.8 Å². The number of para-hydroxylation sites is 1. The van der Waals surface area contributed by atoms with Gasteiger partial charge in [-0.05, 0) is 32.4 Å². The summed E-state index contributed by atoms with van der Waals surface area (Å²) in [6.45, 7) is 4.84. The predicted molar refractivity (Wildman–Crippen MR) is 92.4 cm³/mol. The number of benzene rings is 1. The Morgan fingerprint density at radius 3 is 2.62 bits per heavy atom. The van der Waals surface area contributed by atoms with Crippen molar-refractivity contribution in [1.82, 2.24) is 10.6 Å². The van der Waals surface area contributed by atoms with Crippen LogP contribution in [-0.4, -0.2) is 43.8 Å². The lowest BCUT2D eigenvalue weighted by molar-refractivity contribution is -0.145. The first kappa shape index (κ1) is 19.3. The molecule has 0 saturated heterocycles. The quantitative estimate of drug-likeness (QED) is 0.712. The van der Waals surface area contributed by atoms with E-state index < -0.39 is 24.0 Å². The van der Waals surface area contributed by atoms with E-state index in [9.17, 15) is 14.4 Å². The first-order chi connectivity index (χ1) is 12.4. The highest BCUT2D eigenvalue weighted by Gasteiger charge is 2.30. The lowest BCUT2D eigenvalue weighted by Crippen LogP contribution is -2.50. The lowest BCUT2D eigenvalue weighted by Gasteiger charge is -2.26. The van der Waals surface area contributed by atoms with E-state index in [-0.39, 0.29) is 31.1 Å². The zero-order valence-electron chi connectivity index (χ0n) is 15.0. The van der Waals surface area contributed by atoms with Crippen LogP contribution in [0.5, 0.6) is 5.75 Å². The molecule has 8 nitrogen and oxygen atoms in total. The van der Waals surface area contributed by atoms with Crippen LogP contribution in [-0.2, 0) is 19.1 Å². The summed E-state index contributed by atoms with van der Waals surface area (Å²) in [5.41, 5.74) is 1.31. The average Bonchev–Trinajstić information content (AvgIpc) is 2.58. The molecule has 0 radical (unpaired) electrons. The number of nitrogens with one attached hydrogen (secondary N) is 2. The number of aryl methyl sites for hydroxylation is 1. The van der Waals surface area contributed by atoms with E-state index >= 15 is 0 Å². The van der Waals surface area contributed by atoms with Gasteiger partial charge in [-0.1, -0.05) is 18.2 Å². The third kappa shape index (κ3) is 4.98. The molecule has 2 rings (SSSR count). The van der Waals surface area contributed by atoms with Crippen LogP contribution in [0.2, 0.25) is 0 Å². The van der Waals surface area contributed by atoms with Gasteiger partial charge in [-0.25, -0.2) is 14.4 Å². The first-order valence-corrected chi connectivity index (χ1v) is 8.24. The Kier molecular flexibility index (Phi) is 6.60. The maximum atomic E-state index is 12.1. The molecule has 1 unspecified atom stereocenters. The van der Waals surface area contributed by atoms with Crippen molar-refractivity contribution >= 4 is 18.0 Å². The van der Waals surface area contributed by atoms with Crippen molar-refractivity contribution in [1.29, 1.82) is 0 Å². The van der Waals surface area contributed by atoms with E-state index in [1.807, 2.05) is 19.1 Å². The lowest BCUT2D eigenvalue weighted by atomic mass is 10.0. The highest BCUT2D eigenvalue weighted by molar-refractivity contribution is 5.94. The van der Waals surface area contributed by atoms with E-state index in [4.69, 9.17) is 14.2 Å². The Balaban J connectivity index is 1.99. The number of hydrogen-bond acceptors (Lipinski definition) is 6. The van der Waals surface area contributed by atoms with Gasteiger partial charge in [-0.15, -0.1) is 0 Å². The van der Waals surface area contributed by atoms with Gasteiger partial charge in [-0.2, -0.15) is 0 Å². The zero-order chi connectivity index (χ0) is 19.1. The summed E-state index contributed by atoms with van der Waals surface area (Å²) >= 11 is 0. The molecular formula is C18H22N2O6. The summed E-state index contributed by atoms with van der Waals surface area (Å²) in [7, 11) is 0. The molecule has 1 atom stereocenters. The normalized spacial score (nSPS) is 16.4. The molecule has 1 aliphatic rings. The van der Waals surface area contributed by atoms with Gasteiger partial charge in [0.15, 0.2) is 6.61 Å². The third-order valence-corrected chi connectivity index (χ3v) is 3.68. The summed E-state index contributed by atoms with van der Waals surface area (Å²) in [4.78, 5) is 35.6. The molecule has 0 saturated carbocycles. The van der Waals surface area contributed by atoms with Gasteiger partial charge in [0.1, 0.15) is 12.4 Å². The van der Waals surface area contributed by atoms with Crippen LogP contribution < -0.4 is 15.4 Å². The molecular weight excluding hydrogens is 340 g/mol. The molecule has 0 spiro atoms. The second-order valence-corrected chi connectivity index (χ2v) is 5.65. The highest BCUT2D eigenvalue weighted by atomic mass is 16.6. The number of hydrogen-bond donors (Lipinski definition) is 2. The van der Waals surface area contributed by atoms with Crippen molar-refractivity contribution in [2.45, 2.75) is 26.8 Å². The van der Waals surface area contributed by atoms with E-state index in [0.717, 1.165) is 5.56 Å². The van der Waals surface area contributed by atoms with Crippen LogP contribution >= 0.6 is 0 Å². The number of carbonyl (C=O) groups is 3. The minimum atomic E-state index is -0.621. The van der Waals surface area contributed by atoms with E-state index in [2.05, 4.69) is 10.6 Å². The number of amides is 2. The molecule has 1 aromatic rings. The molecule has 26 heavy (non-hydrogen) atoms. The summed E-state index contributed by atoms with van der Waals surface area (Å²) in [6.07, 6.45) is 0. The van der Waals surface area contributed by atoms with Crippen LogP contribution in [0.4, 0.5) is 4.79 Å². The molecule has 8 heteroatoms. The molecule has 1 heterocycles. The van der Waals surface area contributed by atoms with Crippen molar-refractivity contribution in [2.75, 3.05) is 19.8 Å². The Labute approximate surface area is 151 Å². The standard InChI is InChI=1S/C18H22N2O6/c1-4-24-17(22)16-12(3)19-18(23)20-13(16)9-26-15(21)10-25-14-8-6-5-7-11(14)2/h5-8,12H,4,9-10H2,1-3H3,(H2,19,20,23). The first-order valence-electron chi connectivity index (χ1n) is 8.24. The minimum Gasteiger partial charge on any atom is -0.482 e. The number of urea groups is 1. The van der Waals surface area contributed by atoms with Gasteiger partial charge in [0.2, 0.25) is 0 Å². The maximum absolute atomic E-state index is 12.1. The van der Waals surface area contributed by atoms with Crippen LogP contribution in [0.25, 0.3) is 0 Å². The van der Waals surface area contributed by atoms with Crippen molar-refractivity contribution < 1.29 is 28.6 Å². The SMILES string of the molecule is CCOC(=O)C1=C(COC(=O)COc2ccccc2C)NC(=O)NC1C. The minimum absolute atomic E-state index is 0.195. The van der Waals surface area contributed by atoms with Gasteiger partial charge in [-0.3, -0.25) is 0 Å². The second kappa shape index (κ2) is 8.89. The fourth-order valence-electron chi connectivity index (χ4n) is 2.44. The van der Waals surface area contributed by atoms with Crippen LogP contribution in [0.1, 0.15) is 19.4 Å². The number of rotatable bonds is 7. The second-order valence-electron chi connectivity index (χ2n) is 5.65. The molecule has 2 N–H and O–H groups in total. The summed E-state index contributed by atoms with van der Waals surface area (Å²) in [5.74, 6) is -0.612. The molecule has 0 aromatic heterocycles. The van der Waals surface area contributed by atoms with Gasteiger partial charge >= 0.3 is 18.0 Å². The Morgan fingerprint density at radius 2 is 1.92 bits per heavy atom. The molecule has 0 aliphatic carbocycles. The fraction of sp³-hybridized carbons (Fsp3) is 0.389. The molecule has 1 aliphatic heterocycles. The predicted octanol–water partition coefficient (Wildman–Crippen LogP) is 1.44. The van der Waals surface area contributed by atoms with E-state index in [0.29, 0.717) is 5.75 Å². The number of carbonyl (C=O) groups excluding carboxylic acids is 3. The summed E-state index contributed by atoms with van der Waals surface area (Å²) in [6, 6.07) is 6.25. The average molecular weight is 362 g/mol. The zero-order valence-corrected chi connectivity index (χ0v) is 15.0. The smallest absolute Gasteiger partial charge is 0.344 e. The number of ether oxygens (including phenoxy) is 3. The van der Waals surface area contributed by atoms with Crippen molar-refractivity contribution in [3.8, 4) is 5.75 Å². The molecule has 140 valence electrons. The van der Waals surface area contributed by atoms with Crippen molar-refractivity contribution in [2.24, 2.45) is 0 Å². The fourth-order valence-corrected chi connectivity index (χ4v) is 2.44. The number of esters is 2. The molecule has 0 bridgehead atoms. The Hall–Kier alpha value is -3.03. The largest absolute Gasteiger partial charge is 0.482 e. The van der Waals surface area contributed by atoms with Crippen LogP contribution in [0.15, 0.2) is 35.5 Å². The monoisotopic (exact) mass is 362 g/mol. The highest BCUT2D eigenvalue weighted by Crippen LogP contribution is 2.17. The topological polar surface area (TPSA) is 103 Å². The third-order valence-electron chi connectivity index (χ3n) is 3.68. The summed E-state index contributed by atoms with van der Waals surface area (Å²) in [5, 5.41) is 5.05. The van der Waals surface area contributed by atoms with Crippen LogP contribution in [0, 0.1) is 6.92 Å². The molecule has 2 amide bonds. The summed E-state index contributed by atoms with van der Waals surface area (Å²) < 4.78 is 15.5. The van der Waals surface area contributed by atoms with Gasteiger partial charge in [0.25, 0.3) is 0 Å². The molecule has 1 aromatic carbocycles. The van der Waals surface area contributed by atoms with E-state index in [1.54, 1.807) is 26.0 Å².